The van der Waals surface area contributed by atoms with Crippen LogP contribution in [0, 0.1) is 0 Å². The first-order valence-electron chi connectivity index (χ1n) is 8.83. The van der Waals surface area contributed by atoms with Gasteiger partial charge in [-0.2, -0.15) is 0 Å². The van der Waals surface area contributed by atoms with Crippen LogP contribution in [0.3, 0.4) is 0 Å². The zero-order valence-electron chi connectivity index (χ0n) is 15.6. The Balaban J connectivity index is 2.19. The second-order valence-electron chi connectivity index (χ2n) is 6.26. The van der Waals surface area contributed by atoms with E-state index >= 15 is 0 Å². The molecule has 0 aromatic heterocycles. The molecule has 2 aromatic rings. The van der Waals surface area contributed by atoms with Crippen LogP contribution in [0.4, 0.5) is 0 Å². The molecule has 1 N–H and O–H groups in total. The summed E-state index contributed by atoms with van der Waals surface area (Å²) in [5.41, 5.74) is 1.73. The van der Waals surface area contributed by atoms with E-state index in [0.717, 1.165) is 5.56 Å². The number of nitrogens with zero attached hydrogens (tertiary/aromatic N) is 2. The summed E-state index contributed by atoms with van der Waals surface area (Å²) in [7, 11) is 1.69. The molecule has 2 rings (SSSR count). The SMILES string of the molecule is CCN(C)C(=O)c1cccc(C(=O)N(CCc2ccccc2)CC(=O)O)c1. The zero-order chi connectivity index (χ0) is 19.8. The van der Waals surface area contributed by atoms with Crippen molar-refractivity contribution in [3.8, 4) is 0 Å². The highest BCUT2D eigenvalue weighted by atomic mass is 16.4. The van der Waals surface area contributed by atoms with Crippen LogP contribution in [0.15, 0.2) is 54.6 Å². The Morgan fingerprint density at radius 2 is 1.56 bits per heavy atom. The quantitative estimate of drug-likeness (QED) is 0.777. The fourth-order valence-electron chi connectivity index (χ4n) is 2.66. The van der Waals surface area contributed by atoms with Gasteiger partial charge in [0.1, 0.15) is 6.54 Å². The van der Waals surface area contributed by atoms with E-state index in [9.17, 15) is 14.4 Å². The van der Waals surface area contributed by atoms with E-state index in [1.165, 1.54) is 11.0 Å². The molecule has 0 aliphatic carbocycles. The summed E-state index contributed by atoms with van der Waals surface area (Å²) >= 11 is 0. The van der Waals surface area contributed by atoms with Gasteiger partial charge in [0.15, 0.2) is 0 Å². The number of benzene rings is 2. The van der Waals surface area contributed by atoms with Crippen LogP contribution >= 0.6 is 0 Å². The highest BCUT2D eigenvalue weighted by Gasteiger charge is 2.20. The Bertz CT molecular complexity index is 805. The predicted molar refractivity (Wildman–Crippen MR) is 103 cm³/mol. The molecule has 142 valence electrons. The monoisotopic (exact) mass is 368 g/mol. The number of amides is 2. The maximum Gasteiger partial charge on any atom is 0.323 e. The van der Waals surface area contributed by atoms with Gasteiger partial charge in [0.25, 0.3) is 11.8 Å². The van der Waals surface area contributed by atoms with Crippen molar-refractivity contribution in [3.63, 3.8) is 0 Å². The van der Waals surface area contributed by atoms with E-state index in [2.05, 4.69) is 0 Å². The number of carbonyl (C=O) groups is 3. The number of hydrogen-bond donors (Lipinski definition) is 1. The van der Waals surface area contributed by atoms with Crippen LogP contribution in [-0.2, 0) is 11.2 Å². The van der Waals surface area contributed by atoms with Gasteiger partial charge in [0, 0.05) is 31.3 Å². The third-order valence-corrected chi connectivity index (χ3v) is 4.30. The lowest BCUT2D eigenvalue weighted by molar-refractivity contribution is -0.137. The molecule has 0 radical (unpaired) electrons. The number of aliphatic carboxylic acids is 1. The number of hydrogen-bond acceptors (Lipinski definition) is 3. The largest absolute Gasteiger partial charge is 0.480 e. The molecule has 0 unspecified atom stereocenters. The normalized spacial score (nSPS) is 10.3. The van der Waals surface area contributed by atoms with Crippen molar-refractivity contribution in [1.29, 1.82) is 0 Å². The Labute approximate surface area is 159 Å². The lowest BCUT2D eigenvalue weighted by Gasteiger charge is -2.21. The van der Waals surface area contributed by atoms with Crippen molar-refractivity contribution in [2.24, 2.45) is 0 Å². The highest BCUT2D eigenvalue weighted by molar-refractivity contribution is 6.00. The Morgan fingerprint density at radius 3 is 2.15 bits per heavy atom. The Kier molecular flexibility index (Phi) is 7.11. The average Bonchev–Trinajstić information content (AvgIpc) is 2.70. The fourth-order valence-corrected chi connectivity index (χ4v) is 2.66. The van der Waals surface area contributed by atoms with Crippen LogP contribution in [0.2, 0.25) is 0 Å². The van der Waals surface area contributed by atoms with Crippen molar-refractivity contribution in [1.82, 2.24) is 9.80 Å². The van der Waals surface area contributed by atoms with Crippen molar-refractivity contribution in [3.05, 3.63) is 71.3 Å². The molecule has 0 spiro atoms. The maximum atomic E-state index is 12.9. The first-order chi connectivity index (χ1) is 12.9. The van der Waals surface area contributed by atoms with Crippen molar-refractivity contribution >= 4 is 17.8 Å². The van der Waals surface area contributed by atoms with Gasteiger partial charge >= 0.3 is 5.97 Å². The first kappa shape index (κ1) is 20.2. The molecule has 0 atom stereocenters. The molecule has 0 heterocycles. The molecule has 0 aliphatic rings. The average molecular weight is 368 g/mol. The van der Waals surface area contributed by atoms with Crippen LogP contribution in [0.1, 0.15) is 33.2 Å². The molecule has 6 nitrogen and oxygen atoms in total. The molecular formula is C21H24N2O4. The second-order valence-corrected chi connectivity index (χ2v) is 6.26. The van der Waals surface area contributed by atoms with Crippen LogP contribution in [0.25, 0.3) is 0 Å². The molecule has 0 fully saturated rings. The molecular weight excluding hydrogens is 344 g/mol. The number of carboxylic acids is 1. The molecule has 27 heavy (non-hydrogen) atoms. The first-order valence-corrected chi connectivity index (χ1v) is 8.83. The van der Waals surface area contributed by atoms with E-state index in [1.807, 2.05) is 37.3 Å². The molecule has 0 aliphatic heterocycles. The topological polar surface area (TPSA) is 77.9 Å². The lowest BCUT2D eigenvalue weighted by Crippen LogP contribution is -2.37. The summed E-state index contributed by atoms with van der Waals surface area (Å²) in [6.07, 6.45) is 0.553. The van der Waals surface area contributed by atoms with Crippen molar-refractivity contribution in [2.75, 3.05) is 26.7 Å². The second kappa shape index (κ2) is 9.52. The zero-order valence-corrected chi connectivity index (χ0v) is 15.6. The van der Waals surface area contributed by atoms with Gasteiger partial charge in [-0.25, -0.2) is 0 Å². The summed E-state index contributed by atoms with van der Waals surface area (Å²) in [6.45, 7) is 2.31. The minimum atomic E-state index is -1.07. The Morgan fingerprint density at radius 1 is 0.926 bits per heavy atom. The summed E-state index contributed by atoms with van der Waals surface area (Å²) in [5.74, 6) is -1.65. The van der Waals surface area contributed by atoms with Crippen LogP contribution in [0.5, 0.6) is 0 Å². The number of carbonyl (C=O) groups excluding carboxylic acids is 2. The van der Waals surface area contributed by atoms with Gasteiger partial charge in [-0.3, -0.25) is 14.4 Å². The van der Waals surface area contributed by atoms with E-state index in [4.69, 9.17) is 5.11 Å². The van der Waals surface area contributed by atoms with Gasteiger partial charge in [0.05, 0.1) is 0 Å². The molecule has 0 bridgehead atoms. The van der Waals surface area contributed by atoms with E-state index in [1.54, 1.807) is 30.1 Å². The summed E-state index contributed by atoms with van der Waals surface area (Å²) < 4.78 is 0. The lowest BCUT2D eigenvalue weighted by atomic mass is 10.1. The van der Waals surface area contributed by atoms with Crippen LogP contribution < -0.4 is 0 Å². The van der Waals surface area contributed by atoms with Gasteiger partial charge in [-0.05, 0) is 37.1 Å². The smallest absolute Gasteiger partial charge is 0.323 e. The molecule has 2 amide bonds. The summed E-state index contributed by atoms with van der Waals surface area (Å²) in [6, 6.07) is 16.0. The van der Waals surface area contributed by atoms with Gasteiger partial charge < -0.3 is 14.9 Å². The molecule has 0 saturated heterocycles. The predicted octanol–water partition coefficient (Wildman–Crippen LogP) is 2.55. The summed E-state index contributed by atoms with van der Waals surface area (Å²) in [4.78, 5) is 39.2. The van der Waals surface area contributed by atoms with Gasteiger partial charge in [-0.15, -0.1) is 0 Å². The molecule has 2 aromatic carbocycles. The minimum absolute atomic E-state index is 0.179. The van der Waals surface area contributed by atoms with Gasteiger partial charge in [0.2, 0.25) is 0 Å². The molecule has 6 heteroatoms. The van der Waals surface area contributed by atoms with E-state index in [0.29, 0.717) is 24.1 Å². The fraction of sp³-hybridized carbons (Fsp3) is 0.286. The maximum absolute atomic E-state index is 12.9. The Hall–Kier alpha value is -3.15. The van der Waals surface area contributed by atoms with E-state index in [-0.39, 0.29) is 12.5 Å². The highest BCUT2D eigenvalue weighted by Crippen LogP contribution is 2.12. The van der Waals surface area contributed by atoms with Crippen molar-refractivity contribution < 1.29 is 19.5 Å². The third kappa shape index (κ3) is 5.67. The summed E-state index contributed by atoms with van der Waals surface area (Å²) in [5, 5.41) is 9.17. The number of carboxylic acid groups (broad SMARTS) is 1. The molecule has 0 saturated carbocycles. The van der Waals surface area contributed by atoms with Gasteiger partial charge in [-0.1, -0.05) is 36.4 Å². The number of rotatable bonds is 8. The standard InChI is InChI=1S/C21H24N2O4/c1-3-22(2)20(26)17-10-7-11-18(14-17)21(27)23(15-19(24)25)13-12-16-8-5-4-6-9-16/h4-11,14H,3,12-13,15H2,1-2H3,(H,24,25). The van der Waals surface area contributed by atoms with Crippen molar-refractivity contribution in [2.45, 2.75) is 13.3 Å². The van der Waals surface area contributed by atoms with Crippen LogP contribution in [-0.4, -0.2) is 59.4 Å². The van der Waals surface area contributed by atoms with E-state index < -0.39 is 18.4 Å². The third-order valence-electron chi connectivity index (χ3n) is 4.30. The minimum Gasteiger partial charge on any atom is -0.480 e.